The van der Waals surface area contributed by atoms with Gasteiger partial charge < -0.3 is 0 Å². The molecule has 1 N–H and O–H groups in total. The lowest BCUT2D eigenvalue weighted by molar-refractivity contribution is 0.440. The van der Waals surface area contributed by atoms with Crippen LogP contribution in [0.5, 0.6) is 0 Å². The van der Waals surface area contributed by atoms with Crippen LogP contribution in [0.4, 0.5) is 0 Å². The molecule has 0 aromatic carbocycles. The summed E-state index contributed by atoms with van der Waals surface area (Å²) in [7, 11) is 0. The fraction of sp³-hybridized carbons (Fsp3) is 0.750. The summed E-state index contributed by atoms with van der Waals surface area (Å²) < 4.78 is 2.20. The van der Waals surface area contributed by atoms with Gasteiger partial charge in [-0.2, -0.15) is 0 Å². The molecule has 1 fully saturated rings. The lowest BCUT2D eigenvalue weighted by atomic mass is 9.97. The fourth-order valence-electron chi connectivity index (χ4n) is 3.12. The lowest BCUT2D eigenvalue weighted by Crippen LogP contribution is -2.13. The van der Waals surface area contributed by atoms with Gasteiger partial charge in [0.1, 0.15) is 0 Å². The van der Waals surface area contributed by atoms with Crippen LogP contribution in [0.2, 0.25) is 0 Å². The molecule has 1 heterocycles. The summed E-state index contributed by atoms with van der Waals surface area (Å²) in [6.45, 7) is 0. The molecule has 15 heavy (non-hydrogen) atoms. The zero-order chi connectivity index (χ0) is 10.3. The number of nitrogens with zero attached hydrogens (tertiary/aromatic N) is 1. The third-order valence-electron chi connectivity index (χ3n) is 3.92. The van der Waals surface area contributed by atoms with Crippen molar-refractivity contribution in [3.8, 4) is 0 Å². The summed E-state index contributed by atoms with van der Waals surface area (Å²) in [5, 5.41) is 3.06. The standard InChI is InChI=1S/C12H18N2O/c15-12-10-7-3-4-8-11(10)14(13-12)9-5-1-2-6-9/h9H,1-8H2,(H,13,15). The average Bonchev–Trinajstić information content (AvgIpc) is 2.87. The second-order valence-electron chi connectivity index (χ2n) is 4.88. The number of hydrogen-bond acceptors (Lipinski definition) is 1. The van der Waals surface area contributed by atoms with Crippen LogP contribution in [-0.4, -0.2) is 9.78 Å². The fourth-order valence-corrected chi connectivity index (χ4v) is 3.12. The van der Waals surface area contributed by atoms with Crippen molar-refractivity contribution in [2.24, 2.45) is 0 Å². The van der Waals surface area contributed by atoms with E-state index in [-0.39, 0.29) is 5.56 Å². The third kappa shape index (κ3) is 1.45. The van der Waals surface area contributed by atoms with Crippen LogP contribution in [0.3, 0.4) is 0 Å². The molecule has 0 radical (unpaired) electrons. The number of nitrogens with one attached hydrogen (secondary N) is 1. The predicted molar refractivity (Wildman–Crippen MR) is 59.2 cm³/mol. The van der Waals surface area contributed by atoms with Crippen LogP contribution in [0, 0.1) is 0 Å². The Labute approximate surface area is 89.5 Å². The molecule has 0 unspecified atom stereocenters. The highest BCUT2D eigenvalue weighted by atomic mass is 16.1. The number of hydrogen-bond donors (Lipinski definition) is 1. The maximum absolute atomic E-state index is 11.8. The Morgan fingerprint density at radius 1 is 1.07 bits per heavy atom. The molecular formula is C12H18N2O. The van der Waals surface area contributed by atoms with Crippen molar-refractivity contribution in [3.05, 3.63) is 21.6 Å². The van der Waals surface area contributed by atoms with Crippen molar-refractivity contribution in [1.29, 1.82) is 0 Å². The monoisotopic (exact) mass is 206 g/mol. The molecule has 0 aliphatic heterocycles. The van der Waals surface area contributed by atoms with Gasteiger partial charge in [0.15, 0.2) is 0 Å². The Morgan fingerprint density at radius 3 is 2.60 bits per heavy atom. The molecule has 1 saturated carbocycles. The molecule has 2 aliphatic carbocycles. The molecule has 2 aliphatic rings. The van der Waals surface area contributed by atoms with E-state index in [0.29, 0.717) is 6.04 Å². The molecule has 3 heteroatoms. The van der Waals surface area contributed by atoms with Gasteiger partial charge in [-0.25, -0.2) is 0 Å². The highest BCUT2D eigenvalue weighted by Gasteiger charge is 2.24. The summed E-state index contributed by atoms with van der Waals surface area (Å²) in [6.07, 6.45) is 9.66. The van der Waals surface area contributed by atoms with E-state index in [0.717, 1.165) is 18.4 Å². The van der Waals surface area contributed by atoms with E-state index >= 15 is 0 Å². The lowest BCUT2D eigenvalue weighted by Gasteiger charge is -2.18. The van der Waals surface area contributed by atoms with Gasteiger partial charge in [-0.1, -0.05) is 12.8 Å². The Kier molecular flexibility index (Phi) is 2.19. The maximum atomic E-state index is 11.8. The summed E-state index contributed by atoms with van der Waals surface area (Å²) in [6, 6.07) is 0.583. The molecular weight excluding hydrogens is 188 g/mol. The Balaban J connectivity index is 2.03. The first kappa shape index (κ1) is 9.25. The normalized spacial score (nSPS) is 21.9. The minimum atomic E-state index is 0.177. The molecule has 82 valence electrons. The third-order valence-corrected chi connectivity index (χ3v) is 3.92. The molecule has 0 saturated heterocycles. The van der Waals surface area contributed by atoms with Gasteiger partial charge in [0.25, 0.3) is 5.56 Å². The second kappa shape index (κ2) is 3.54. The molecule has 1 aromatic heterocycles. The van der Waals surface area contributed by atoms with Gasteiger partial charge in [0, 0.05) is 11.3 Å². The number of fused-ring (bicyclic) bond motifs is 1. The molecule has 0 spiro atoms. The van der Waals surface area contributed by atoms with Crippen molar-refractivity contribution in [1.82, 2.24) is 9.78 Å². The number of aromatic nitrogens is 2. The van der Waals surface area contributed by atoms with Gasteiger partial charge in [-0.05, 0) is 38.5 Å². The van der Waals surface area contributed by atoms with Crippen molar-refractivity contribution >= 4 is 0 Å². The SMILES string of the molecule is O=c1[nH]n(C2CCCC2)c2c1CCCC2. The summed E-state index contributed by atoms with van der Waals surface area (Å²) in [4.78, 5) is 11.8. The van der Waals surface area contributed by atoms with Gasteiger partial charge in [-0.15, -0.1) is 0 Å². The van der Waals surface area contributed by atoms with Crippen molar-refractivity contribution in [3.63, 3.8) is 0 Å². The van der Waals surface area contributed by atoms with E-state index in [9.17, 15) is 4.79 Å². The molecule has 0 amide bonds. The van der Waals surface area contributed by atoms with E-state index in [1.54, 1.807) is 0 Å². The highest BCUT2D eigenvalue weighted by Crippen LogP contribution is 2.31. The van der Waals surface area contributed by atoms with Crippen molar-refractivity contribution in [2.75, 3.05) is 0 Å². The Morgan fingerprint density at radius 2 is 1.80 bits per heavy atom. The number of aromatic amines is 1. The van der Waals surface area contributed by atoms with Crippen molar-refractivity contribution < 1.29 is 0 Å². The van der Waals surface area contributed by atoms with E-state index in [4.69, 9.17) is 0 Å². The Bertz CT molecular complexity index is 410. The van der Waals surface area contributed by atoms with E-state index in [1.165, 1.54) is 44.2 Å². The largest absolute Gasteiger partial charge is 0.286 e. The van der Waals surface area contributed by atoms with Gasteiger partial charge >= 0.3 is 0 Å². The molecule has 3 nitrogen and oxygen atoms in total. The first-order valence-electron chi connectivity index (χ1n) is 6.18. The van der Waals surface area contributed by atoms with E-state index < -0.39 is 0 Å². The van der Waals surface area contributed by atoms with Crippen molar-refractivity contribution in [2.45, 2.75) is 57.4 Å². The number of rotatable bonds is 1. The van der Waals surface area contributed by atoms with Crippen LogP contribution < -0.4 is 5.56 Å². The zero-order valence-corrected chi connectivity index (χ0v) is 9.09. The first-order valence-corrected chi connectivity index (χ1v) is 6.18. The summed E-state index contributed by atoms with van der Waals surface area (Å²) in [5.74, 6) is 0. The highest BCUT2D eigenvalue weighted by molar-refractivity contribution is 5.21. The molecule has 0 atom stereocenters. The second-order valence-corrected chi connectivity index (χ2v) is 4.88. The van der Waals surface area contributed by atoms with Gasteiger partial charge in [0.2, 0.25) is 0 Å². The van der Waals surface area contributed by atoms with E-state index in [1.807, 2.05) is 0 Å². The zero-order valence-electron chi connectivity index (χ0n) is 9.09. The molecule has 1 aromatic rings. The maximum Gasteiger partial charge on any atom is 0.267 e. The average molecular weight is 206 g/mol. The van der Waals surface area contributed by atoms with Crippen LogP contribution >= 0.6 is 0 Å². The first-order chi connectivity index (χ1) is 7.36. The minimum Gasteiger partial charge on any atom is -0.286 e. The van der Waals surface area contributed by atoms with Gasteiger partial charge in [0.05, 0.1) is 6.04 Å². The Hall–Kier alpha value is -0.990. The van der Waals surface area contributed by atoms with Crippen LogP contribution in [0.25, 0.3) is 0 Å². The predicted octanol–water partition coefficient (Wildman–Crippen LogP) is 2.17. The smallest absolute Gasteiger partial charge is 0.267 e. The van der Waals surface area contributed by atoms with Gasteiger partial charge in [-0.3, -0.25) is 14.6 Å². The van der Waals surface area contributed by atoms with Crippen LogP contribution in [-0.2, 0) is 12.8 Å². The van der Waals surface area contributed by atoms with Crippen LogP contribution in [0.15, 0.2) is 4.79 Å². The minimum absolute atomic E-state index is 0.177. The van der Waals surface area contributed by atoms with E-state index in [2.05, 4.69) is 9.78 Å². The molecule has 0 bridgehead atoms. The summed E-state index contributed by atoms with van der Waals surface area (Å²) >= 11 is 0. The summed E-state index contributed by atoms with van der Waals surface area (Å²) in [5.41, 5.74) is 2.57. The molecule has 3 rings (SSSR count). The van der Waals surface area contributed by atoms with Crippen LogP contribution in [0.1, 0.15) is 55.8 Å². The number of H-pyrrole nitrogens is 1. The topological polar surface area (TPSA) is 37.8 Å². The quantitative estimate of drug-likeness (QED) is 0.751.